The van der Waals surface area contributed by atoms with Gasteiger partial charge in [-0.2, -0.15) is 0 Å². The number of carbonyl (C=O) groups excluding carboxylic acids is 2. The molecule has 2 amide bonds. The highest BCUT2D eigenvalue weighted by Crippen LogP contribution is 2.03. The zero-order valence-electron chi connectivity index (χ0n) is 12.8. The first kappa shape index (κ1) is 17.9. The molecular weight excluding hydrogens is 240 g/mol. The molecule has 0 saturated heterocycles. The molecule has 0 aromatic heterocycles. The van der Waals surface area contributed by atoms with Crippen LogP contribution in [-0.4, -0.2) is 24.9 Å². The first-order chi connectivity index (χ1) is 9.07. The van der Waals surface area contributed by atoms with Crippen LogP contribution in [0.25, 0.3) is 0 Å². The lowest BCUT2D eigenvalue weighted by atomic mass is 10.1. The minimum Gasteiger partial charge on any atom is -0.348 e. The van der Waals surface area contributed by atoms with Gasteiger partial charge in [0.05, 0.1) is 0 Å². The number of hydrogen-bond donors (Lipinski definition) is 2. The van der Waals surface area contributed by atoms with Gasteiger partial charge >= 0.3 is 11.8 Å². The lowest BCUT2D eigenvalue weighted by Gasteiger charge is -2.07. The molecule has 112 valence electrons. The van der Waals surface area contributed by atoms with Gasteiger partial charge in [-0.1, -0.05) is 52.9 Å². The molecule has 0 saturated carbocycles. The molecule has 0 spiro atoms. The zero-order valence-corrected chi connectivity index (χ0v) is 12.8. The molecule has 0 atom stereocenters. The number of rotatable bonds is 10. The van der Waals surface area contributed by atoms with E-state index in [0.717, 1.165) is 19.3 Å². The van der Waals surface area contributed by atoms with Crippen LogP contribution in [0.1, 0.15) is 65.7 Å². The highest BCUT2D eigenvalue weighted by Gasteiger charge is 2.11. The van der Waals surface area contributed by atoms with E-state index in [0.29, 0.717) is 19.0 Å². The van der Waals surface area contributed by atoms with Gasteiger partial charge in [0.1, 0.15) is 0 Å². The van der Waals surface area contributed by atoms with Crippen molar-refractivity contribution in [2.75, 3.05) is 13.1 Å². The second kappa shape index (κ2) is 12.0. The van der Waals surface area contributed by atoms with E-state index in [1.165, 1.54) is 25.7 Å². The van der Waals surface area contributed by atoms with Crippen LogP contribution in [0.2, 0.25) is 0 Å². The Morgan fingerprint density at radius 2 is 1.37 bits per heavy atom. The normalized spacial score (nSPS) is 10.5. The Labute approximate surface area is 117 Å². The Kier molecular flexibility index (Phi) is 11.3. The van der Waals surface area contributed by atoms with Crippen molar-refractivity contribution in [3.63, 3.8) is 0 Å². The summed E-state index contributed by atoms with van der Waals surface area (Å²) in [7, 11) is 0. The third kappa shape index (κ3) is 11.7. The summed E-state index contributed by atoms with van der Waals surface area (Å²) in [5, 5.41) is 5.29. The summed E-state index contributed by atoms with van der Waals surface area (Å²) in [4.78, 5) is 22.8. The maximum Gasteiger partial charge on any atom is 0.309 e. The summed E-state index contributed by atoms with van der Waals surface area (Å²) in [6, 6.07) is 0. The van der Waals surface area contributed by atoms with E-state index in [9.17, 15) is 9.59 Å². The van der Waals surface area contributed by atoms with E-state index in [2.05, 4.69) is 31.4 Å². The van der Waals surface area contributed by atoms with Crippen LogP contribution in [0.15, 0.2) is 0 Å². The van der Waals surface area contributed by atoms with Crippen molar-refractivity contribution >= 4 is 11.8 Å². The molecule has 0 aromatic rings. The summed E-state index contributed by atoms with van der Waals surface area (Å²) >= 11 is 0. The SMILES string of the molecule is CCCCCCCCNC(=O)C(=O)NCCC(C)C. The standard InChI is InChI=1S/C15H30N2O2/c1-4-5-6-7-8-9-11-16-14(18)15(19)17-12-10-13(2)3/h13H,4-12H2,1-3H3,(H,16,18)(H,17,19). The average Bonchev–Trinajstić information content (AvgIpc) is 2.36. The summed E-state index contributed by atoms with van der Waals surface area (Å²) in [6.07, 6.45) is 7.97. The molecule has 19 heavy (non-hydrogen) atoms. The van der Waals surface area contributed by atoms with E-state index >= 15 is 0 Å². The third-order valence-corrected chi connectivity index (χ3v) is 3.03. The average molecular weight is 270 g/mol. The topological polar surface area (TPSA) is 58.2 Å². The zero-order chi connectivity index (χ0) is 14.5. The molecule has 0 fully saturated rings. The van der Waals surface area contributed by atoms with Gasteiger partial charge in [0.25, 0.3) is 0 Å². The Morgan fingerprint density at radius 1 is 0.842 bits per heavy atom. The molecule has 0 heterocycles. The minimum absolute atomic E-state index is 0.502. The van der Waals surface area contributed by atoms with E-state index in [1.54, 1.807) is 0 Å². The van der Waals surface area contributed by atoms with E-state index < -0.39 is 11.8 Å². The highest BCUT2D eigenvalue weighted by atomic mass is 16.2. The molecule has 0 radical (unpaired) electrons. The van der Waals surface area contributed by atoms with Crippen LogP contribution < -0.4 is 10.6 Å². The second-order valence-corrected chi connectivity index (χ2v) is 5.46. The fraction of sp³-hybridized carbons (Fsp3) is 0.867. The van der Waals surface area contributed by atoms with Crippen LogP contribution in [0, 0.1) is 5.92 Å². The summed E-state index contributed by atoms with van der Waals surface area (Å²) in [5.41, 5.74) is 0. The number of nitrogens with one attached hydrogen (secondary N) is 2. The first-order valence-electron chi connectivity index (χ1n) is 7.64. The quantitative estimate of drug-likeness (QED) is 0.473. The van der Waals surface area contributed by atoms with Gasteiger partial charge in [0.2, 0.25) is 0 Å². The third-order valence-electron chi connectivity index (χ3n) is 3.03. The van der Waals surface area contributed by atoms with E-state index in [-0.39, 0.29) is 0 Å². The van der Waals surface area contributed by atoms with Crippen LogP contribution in [0.4, 0.5) is 0 Å². The highest BCUT2D eigenvalue weighted by molar-refractivity contribution is 6.35. The Hall–Kier alpha value is -1.06. The van der Waals surface area contributed by atoms with Gasteiger partial charge in [-0.15, -0.1) is 0 Å². The molecular formula is C15H30N2O2. The number of carbonyl (C=O) groups is 2. The van der Waals surface area contributed by atoms with Gasteiger partial charge in [0, 0.05) is 13.1 Å². The molecule has 4 heteroatoms. The summed E-state index contributed by atoms with van der Waals surface area (Å²) < 4.78 is 0. The maximum atomic E-state index is 11.4. The van der Waals surface area contributed by atoms with E-state index in [1.807, 2.05) is 0 Å². The molecule has 0 aromatic carbocycles. The van der Waals surface area contributed by atoms with Crippen LogP contribution >= 0.6 is 0 Å². The predicted molar refractivity (Wildman–Crippen MR) is 78.9 cm³/mol. The maximum absolute atomic E-state index is 11.4. The van der Waals surface area contributed by atoms with Crippen molar-refractivity contribution in [2.24, 2.45) is 5.92 Å². The van der Waals surface area contributed by atoms with E-state index in [4.69, 9.17) is 0 Å². The second-order valence-electron chi connectivity index (χ2n) is 5.46. The molecule has 0 aliphatic rings. The van der Waals surface area contributed by atoms with Crippen molar-refractivity contribution in [3.05, 3.63) is 0 Å². The lowest BCUT2D eigenvalue weighted by molar-refractivity contribution is -0.139. The molecule has 0 aliphatic carbocycles. The minimum atomic E-state index is -0.508. The number of unbranched alkanes of at least 4 members (excludes halogenated alkanes) is 5. The monoisotopic (exact) mass is 270 g/mol. The fourth-order valence-electron chi connectivity index (χ4n) is 1.74. The van der Waals surface area contributed by atoms with Gasteiger partial charge in [-0.05, 0) is 18.8 Å². The molecule has 2 N–H and O–H groups in total. The Bertz CT molecular complexity index is 253. The van der Waals surface area contributed by atoms with Gasteiger partial charge in [0.15, 0.2) is 0 Å². The number of hydrogen-bond acceptors (Lipinski definition) is 2. The van der Waals surface area contributed by atoms with Crippen molar-refractivity contribution in [1.29, 1.82) is 0 Å². The fourth-order valence-corrected chi connectivity index (χ4v) is 1.74. The molecule has 4 nitrogen and oxygen atoms in total. The van der Waals surface area contributed by atoms with Gasteiger partial charge in [-0.25, -0.2) is 0 Å². The Morgan fingerprint density at radius 3 is 1.95 bits per heavy atom. The summed E-state index contributed by atoms with van der Waals surface area (Å²) in [5.74, 6) is -0.476. The lowest BCUT2D eigenvalue weighted by Crippen LogP contribution is -2.40. The van der Waals surface area contributed by atoms with Crippen LogP contribution in [-0.2, 0) is 9.59 Å². The molecule has 0 unspecified atom stereocenters. The van der Waals surface area contributed by atoms with Gasteiger partial charge < -0.3 is 10.6 Å². The number of amides is 2. The molecule has 0 bridgehead atoms. The molecule has 0 aliphatic heterocycles. The van der Waals surface area contributed by atoms with Crippen LogP contribution in [0.5, 0.6) is 0 Å². The molecule has 0 rings (SSSR count). The smallest absolute Gasteiger partial charge is 0.309 e. The van der Waals surface area contributed by atoms with Crippen molar-refractivity contribution in [2.45, 2.75) is 65.7 Å². The predicted octanol–water partition coefficient (Wildman–Crippen LogP) is 2.63. The largest absolute Gasteiger partial charge is 0.348 e. The first-order valence-corrected chi connectivity index (χ1v) is 7.64. The van der Waals surface area contributed by atoms with Crippen molar-refractivity contribution < 1.29 is 9.59 Å². The van der Waals surface area contributed by atoms with Gasteiger partial charge in [-0.3, -0.25) is 9.59 Å². The van der Waals surface area contributed by atoms with Crippen molar-refractivity contribution in [1.82, 2.24) is 10.6 Å². The summed E-state index contributed by atoms with van der Waals surface area (Å²) in [6.45, 7) is 7.54. The van der Waals surface area contributed by atoms with Crippen molar-refractivity contribution in [3.8, 4) is 0 Å². The Balaban J connectivity index is 3.44. The van der Waals surface area contributed by atoms with Crippen LogP contribution in [0.3, 0.4) is 0 Å².